The number of methoxy groups -OCH3 is 1. The van der Waals surface area contributed by atoms with E-state index in [0.29, 0.717) is 24.4 Å². The van der Waals surface area contributed by atoms with Crippen LogP contribution in [0, 0.1) is 0 Å². The molecule has 0 saturated carbocycles. The van der Waals surface area contributed by atoms with Crippen LogP contribution in [0.3, 0.4) is 0 Å². The van der Waals surface area contributed by atoms with Crippen molar-refractivity contribution in [3.8, 4) is 16.2 Å². The van der Waals surface area contributed by atoms with Crippen LogP contribution in [0.4, 0.5) is 10.5 Å². The number of anilines is 1. The van der Waals surface area contributed by atoms with Gasteiger partial charge in [-0.2, -0.15) is 0 Å². The molecule has 7 heteroatoms. The highest BCUT2D eigenvalue weighted by Gasteiger charge is 2.09. The van der Waals surface area contributed by atoms with Gasteiger partial charge in [-0.3, -0.25) is 4.79 Å². The van der Waals surface area contributed by atoms with Gasteiger partial charge in [0.25, 0.3) is 5.91 Å². The predicted octanol–water partition coefficient (Wildman–Crippen LogP) is 3.98. The zero-order chi connectivity index (χ0) is 19.8. The fourth-order valence-electron chi connectivity index (χ4n) is 2.62. The Hall–Kier alpha value is -3.32. The molecular weight excluding hydrogens is 374 g/mol. The highest BCUT2D eigenvalue weighted by Crippen LogP contribution is 2.31. The van der Waals surface area contributed by atoms with E-state index in [2.05, 4.69) is 16.0 Å². The quantitative estimate of drug-likeness (QED) is 0.530. The third kappa shape index (κ3) is 5.11. The van der Waals surface area contributed by atoms with Crippen molar-refractivity contribution >= 4 is 29.0 Å². The Balaban J connectivity index is 1.47. The molecule has 0 aliphatic heterocycles. The van der Waals surface area contributed by atoms with Crippen LogP contribution in [0.5, 0.6) is 5.75 Å². The second-order valence-electron chi connectivity index (χ2n) is 5.89. The lowest BCUT2D eigenvalue weighted by atomic mass is 10.1. The van der Waals surface area contributed by atoms with Gasteiger partial charge in [0.05, 0.1) is 12.8 Å². The van der Waals surface area contributed by atoms with Crippen molar-refractivity contribution in [2.75, 3.05) is 25.5 Å². The minimum absolute atomic E-state index is 0.218. The molecule has 1 heterocycles. The van der Waals surface area contributed by atoms with Gasteiger partial charge in [0, 0.05) is 29.1 Å². The number of thiophene rings is 1. The first-order valence-electron chi connectivity index (χ1n) is 8.77. The second kappa shape index (κ2) is 9.57. The smallest absolute Gasteiger partial charge is 0.319 e. The van der Waals surface area contributed by atoms with E-state index < -0.39 is 0 Å². The van der Waals surface area contributed by atoms with Gasteiger partial charge in [0.15, 0.2) is 0 Å². The summed E-state index contributed by atoms with van der Waals surface area (Å²) in [6, 6.07) is 18.2. The van der Waals surface area contributed by atoms with Crippen molar-refractivity contribution in [1.29, 1.82) is 0 Å². The number of carbonyl (C=O) groups excluding carboxylic acids is 2. The van der Waals surface area contributed by atoms with Gasteiger partial charge < -0.3 is 20.7 Å². The summed E-state index contributed by atoms with van der Waals surface area (Å²) in [5.41, 5.74) is 2.22. The van der Waals surface area contributed by atoms with Gasteiger partial charge in [-0.05, 0) is 35.7 Å². The Bertz CT molecular complexity index is 942. The van der Waals surface area contributed by atoms with Gasteiger partial charge in [0.2, 0.25) is 0 Å². The third-order valence-electron chi connectivity index (χ3n) is 3.99. The highest BCUT2D eigenvalue weighted by atomic mass is 32.1. The number of para-hydroxylation sites is 1. The summed E-state index contributed by atoms with van der Waals surface area (Å²) in [6.45, 7) is 0.624. The molecule has 0 aliphatic carbocycles. The summed E-state index contributed by atoms with van der Waals surface area (Å²) in [5, 5.41) is 10.4. The molecule has 3 aromatic rings. The maximum atomic E-state index is 12.2. The minimum atomic E-state index is -0.320. The molecule has 28 heavy (non-hydrogen) atoms. The van der Waals surface area contributed by atoms with E-state index in [9.17, 15) is 9.59 Å². The van der Waals surface area contributed by atoms with Crippen LogP contribution in [-0.2, 0) is 0 Å². The zero-order valence-corrected chi connectivity index (χ0v) is 16.2. The van der Waals surface area contributed by atoms with E-state index in [0.717, 1.165) is 16.1 Å². The van der Waals surface area contributed by atoms with Crippen molar-refractivity contribution in [2.45, 2.75) is 0 Å². The Morgan fingerprint density at radius 3 is 2.57 bits per heavy atom. The molecule has 3 amide bonds. The van der Waals surface area contributed by atoms with E-state index in [1.807, 2.05) is 41.8 Å². The number of urea groups is 1. The summed E-state index contributed by atoms with van der Waals surface area (Å²) >= 11 is 1.61. The van der Waals surface area contributed by atoms with Crippen LogP contribution in [0.1, 0.15) is 10.4 Å². The van der Waals surface area contributed by atoms with E-state index >= 15 is 0 Å². The van der Waals surface area contributed by atoms with Crippen LogP contribution in [0.2, 0.25) is 0 Å². The van der Waals surface area contributed by atoms with E-state index in [4.69, 9.17) is 4.74 Å². The summed E-state index contributed by atoms with van der Waals surface area (Å²) in [5.74, 6) is 0.402. The molecule has 0 saturated heterocycles. The first kappa shape index (κ1) is 19.4. The first-order chi connectivity index (χ1) is 13.7. The van der Waals surface area contributed by atoms with Gasteiger partial charge in [-0.1, -0.05) is 30.3 Å². The van der Waals surface area contributed by atoms with E-state index in [-0.39, 0.29) is 11.9 Å². The molecule has 0 radical (unpaired) electrons. The molecule has 3 rings (SSSR count). The Kier molecular flexibility index (Phi) is 6.64. The topological polar surface area (TPSA) is 79.5 Å². The maximum Gasteiger partial charge on any atom is 0.319 e. The fraction of sp³-hybridized carbons (Fsp3) is 0.143. The van der Waals surface area contributed by atoms with Crippen molar-refractivity contribution in [2.24, 2.45) is 0 Å². The Morgan fingerprint density at radius 2 is 1.79 bits per heavy atom. The number of nitrogens with one attached hydrogen (secondary N) is 3. The van der Waals surface area contributed by atoms with Gasteiger partial charge in [-0.25, -0.2) is 4.79 Å². The largest absolute Gasteiger partial charge is 0.497 e. The van der Waals surface area contributed by atoms with Crippen LogP contribution >= 0.6 is 11.3 Å². The van der Waals surface area contributed by atoms with Crippen molar-refractivity contribution in [3.05, 3.63) is 71.6 Å². The normalized spacial score (nSPS) is 10.2. The summed E-state index contributed by atoms with van der Waals surface area (Å²) in [6.07, 6.45) is 0. The molecule has 144 valence electrons. The molecule has 3 N–H and O–H groups in total. The lowest BCUT2D eigenvalue weighted by molar-refractivity contribution is 0.0953. The predicted molar refractivity (Wildman–Crippen MR) is 112 cm³/mol. The van der Waals surface area contributed by atoms with Crippen molar-refractivity contribution in [3.63, 3.8) is 0 Å². The third-order valence-corrected chi connectivity index (χ3v) is 4.89. The molecule has 0 aliphatic rings. The lowest BCUT2D eigenvalue weighted by Crippen LogP contribution is -2.36. The average Bonchev–Trinajstić information content (AvgIpc) is 3.26. The molecule has 2 aromatic carbocycles. The van der Waals surface area contributed by atoms with Gasteiger partial charge in [-0.15, -0.1) is 11.3 Å². The number of amides is 3. The monoisotopic (exact) mass is 395 g/mol. The molecule has 0 atom stereocenters. The van der Waals surface area contributed by atoms with Gasteiger partial charge >= 0.3 is 6.03 Å². The standard InChI is InChI=1S/C21H21N3O3S/c1-27-16-7-4-6-15(14-16)20(25)22-11-12-23-21(26)24-18-9-3-2-8-17(18)19-10-5-13-28-19/h2-10,13-14H,11-12H2,1H3,(H,22,25)(H2,23,24,26). The zero-order valence-electron chi connectivity index (χ0n) is 15.4. The van der Waals surface area contributed by atoms with Crippen LogP contribution in [-0.4, -0.2) is 32.1 Å². The maximum absolute atomic E-state index is 12.2. The lowest BCUT2D eigenvalue weighted by Gasteiger charge is -2.11. The molecule has 1 aromatic heterocycles. The summed E-state index contributed by atoms with van der Waals surface area (Å²) < 4.78 is 5.11. The number of ether oxygens (including phenoxy) is 1. The van der Waals surface area contributed by atoms with Crippen LogP contribution < -0.4 is 20.7 Å². The van der Waals surface area contributed by atoms with E-state index in [1.54, 1.807) is 42.7 Å². The molecule has 0 bridgehead atoms. The highest BCUT2D eigenvalue weighted by molar-refractivity contribution is 7.13. The molecule has 0 fully saturated rings. The number of benzene rings is 2. The van der Waals surface area contributed by atoms with Crippen LogP contribution in [0.15, 0.2) is 66.0 Å². The van der Waals surface area contributed by atoms with Crippen molar-refractivity contribution < 1.29 is 14.3 Å². The molecular formula is C21H21N3O3S. The SMILES string of the molecule is COc1cccc(C(=O)NCCNC(=O)Nc2ccccc2-c2cccs2)c1. The average molecular weight is 395 g/mol. The minimum Gasteiger partial charge on any atom is -0.497 e. The van der Waals surface area contributed by atoms with Crippen molar-refractivity contribution in [1.82, 2.24) is 10.6 Å². The molecule has 6 nitrogen and oxygen atoms in total. The van der Waals surface area contributed by atoms with E-state index in [1.165, 1.54) is 0 Å². The van der Waals surface area contributed by atoms with Crippen LogP contribution in [0.25, 0.3) is 10.4 Å². The van der Waals surface area contributed by atoms with Gasteiger partial charge in [0.1, 0.15) is 5.75 Å². The summed E-state index contributed by atoms with van der Waals surface area (Å²) in [7, 11) is 1.55. The number of hydrogen-bond donors (Lipinski definition) is 3. The molecule has 0 unspecified atom stereocenters. The first-order valence-corrected chi connectivity index (χ1v) is 9.65. The Morgan fingerprint density at radius 1 is 0.964 bits per heavy atom. The second-order valence-corrected chi connectivity index (χ2v) is 6.84. The number of hydrogen-bond acceptors (Lipinski definition) is 4. The summed E-state index contributed by atoms with van der Waals surface area (Å²) in [4.78, 5) is 25.4. The Labute approximate surface area is 167 Å². The number of carbonyl (C=O) groups is 2. The number of rotatable bonds is 7. The molecule has 0 spiro atoms. The fourth-order valence-corrected chi connectivity index (χ4v) is 3.39.